The Hall–Kier alpha value is -2.41. The van der Waals surface area contributed by atoms with Crippen LogP contribution in [0.3, 0.4) is 0 Å². The smallest absolute Gasteiger partial charge is 0.255 e. The molecule has 1 saturated heterocycles. The highest BCUT2D eigenvalue weighted by atomic mass is 32.1. The number of benzene rings is 1. The monoisotopic (exact) mass is 370 g/mol. The van der Waals surface area contributed by atoms with Crippen molar-refractivity contribution >= 4 is 39.2 Å². The fraction of sp³-hybridized carbons (Fsp3) is 0.421. The largest absolute Gasteiger partial charge is 0.349 e. The first-order chi connectivity index (χ1) is 12.4. The van der Waals surface area contributed by atoms with Crippen LogP contribution in [-0.4, -0.2) is 60.3 Å². The van der Waals surface area contributed by atoms with Gasteiger partial charge in [-0.1, -0.05) is 18.2 Å². The molecule has 0 unspecified atom stereocenters. The van der Waals surface area contributed by atoms with E-state index >= 15 is 0 Å². The van der Waals surface area contributed by atoms with Crippen LogP contribution in [0.4, 0.5) is 0 Å². The first-order valence-corrected chi connectivity index (χ1v) is 9.59. The standard InChI is InChI=1S/C19H22N4O2S/c1-12-15(13-6-4-5-7-14(13)26-12)16(24)23-10-8-19(9-11-23)17(25)20-18(21-19)22(2)3/h4-7H,8-11H2,1-3H3,(H,20,21,25). The number of guanidine groups is 1. The third-order valence-corrected chi connectivity index (χ3v) is 6.34. The third kappa shape index (κ3) is 2.58. The van der Waals surface area contributed by atoms with Gasteiger partial charge in [0.2, 0.25) is 5.96 Å². The molecule has 6 nitrogen and oxygen atoms in total. The van der Waals surface area contributed by atoms with Crippen molar-refractivity contribution < 1.29 is 9.59 Å². The minimum atomic E-state index is -0.720. The van der Waals surface area contributed by atoms with E-state index < -0.39 is 5.54 Å². The molecule has 136 valence electrons. The number of amides is 2. The van der Waals surface area contributed by atoms with Crippen molar-refractivity contribution in [3.63, 3.8) is 0 Å². The van der Waals surface area contributed by atoms with Gasteiger partial charge in [0.15, 0.2) is 0 Å². The summed E-state index contributed by atoms with van der Waals surface area (Å²) in [4.78, 5) is 34.9. The molecule has 2 amide bonds. The van der Waals surface area contributed by atoms with Crippen molar-refractivity contribution in [3.8, 4) is 0 Å². The van der Waals surface area contributed by atoms with Gasteiger partial charge in [0, 0.05) is 42.1 Å². The Kier molecular flexibility index (Phi) is 3.99. The van der Waals surface area contributed by atoms with Gasteiger partial charge >= 0.3 is 0 Å². The first-order valence-electron chi connectivity index (χ1n) is 8.77. The minimum Gasteiger partial charge on any atom is -0.349 e. The molecule has 1 aromatic carbocycles. The highest BCUT2D eigenvalue weighted by Gasteiger charge is 2.47. The average Bonchev–Trinajstić information content (AvgIpc) is 3.12. The van der Waals surface area contributed by atoms with E-state index in [-0.39, 0.29) is 11.8 Å². The average molecular weight is 370 g/mol. The van der Waals surface area contributed by atoms with Crippen molar-refractivity contribution in [2.75, 3.05) is 27.2 Å². The van der Waals surface area contributed by atoms with Crippen LogP contribution < -0.4 is 5.32 Å². The maximum absolute atomic E-state index is 13.1. The predicted octanol–water partition coefficient (Wildman–Crippen LogP) is 2.23. The van der Waals surface area contributed by atoms with Gasteiger partial charge in [0.25, 0.3) is 11.8 Å². The lowest BCUT2D eigenvalue weighted by Gasteiger charge is -2.35. The number of hydrogen-bond acceptors (Lipinski definition) is 5. The van der Waals surface area contributed by atoms with Crippen LogP contribution in [0.2, 0.25) is 0 Å². The normalized spacial score (nSPS) is 19.0. The van der Waals surface area contributed by atoms with Crippen LogP contribution in [0.25, 0.3) is 10.1 Å². The van der Waals surface area contributed by atoms with Crippen molar-refractivity contribution in [1.82, 2.24) is 15.1 Å². The number of aryl methyl sites for hydroxylation is 1. The highest BCUT2D eigenvalue weighted by molar-refractivity contribution is 7.19. The molecular weight excluding hydrogens is 348 g/mol. The van der Waals surface area contributed by atoms with Gasteiger partial charge in [0.05, 0.1) is 5.56 Å². The molecule has 1 fully saturated rings. The molecule has 7 heteroatoms. The summed E-state index contributed by atoms with van der Waals surface area (Å²) in [5, 5.41) is 3.87. The van der Waals surface area contributed by atoms with Gasteiger partial charge in [-0.2, -0.15) is 0 Å². The second-order valence-corrected chi connectivity index (χ2v) is 8.39. The van der Waals surface area contributed by atoms with Crippen molar-refractivity contribution in [2.24, 2.45) is 4.99 Å². The summed E-state index contributed by atoms with van der Waals surface area (Å²) in [5.41, 5.74) is 0.0807. The molecule has 0 saturated carbocycles. The lowest BCUT2D eigenvalue weighted by Crippen LogP contribution is -2.50. The van der Waals surface area contributed by atoms with E-state index in [1.54, 1.807) is 11.3 Å². The Morgan fingerprint density at radius 2 is 1.96 bits per heavy atom. The van der Waals surface area contributed by atoms with Gasteiger partial charge in [-0.3, -0.25) is 14.9 Å². The summed E-state index contributed by atoms with van der Waals surface area (Å²) in [6.07, 6.45) is 1.12. The van der Waals surface area contributed by atoms with E-state index in [1.807, 2.05) is 49.0 Å². The third-order valence-electron chi connectivity index (χ3n) is 5.25. The van der Waals surface area contributed by atoms with Crippen LogP contribution in [0.1, 0.15) is 28.1 Å². The summed E-state index contributed by atoms with van der Waals surface area (Å²) in [6, 6.07) is 8.03. The van der Waals surface area contributed by atoms with E-state index in [1.165, 1.54) is 0 Å². The predicted molar refractivity (Wildman–Crippen MR) is 104 cm³/mol. The topological polar surface area (TPSA) is 65.0 Å². The summed E-state index contributed by atoms with van der Waals surface area (Å²) in [7, 11) is 3.72. The number of fused-ring (bicyclic) bond motifs is 1. The van der Waals surface area contributed by atoms with Gasteiger partial charge < -0.3 is 9.80 Å². The van der Waals surface area contributed by atoms with Gasteiger partial charge in [-0.15, -0.1) is 11.3 Å². The summed E-state index contributed by atoms with van der Waals surface area (Å²) >= 11 is 1.65. The Morgan fingerprint density at radius 3 is 2.62 bits per heavy atom. The van der Waals surface area contributed by atoms with Crippen LogP contribution in [0.5, 0.6) is 0 Å². The number of aliphatic imine (C=N–C) groups is 1. The molecule has 26 heavy (non-hydrogen) atoms. The number of likely N-dealkylation sites (tertiary alicyclic amines) is 1. The van der Waals surface area contributed by atoms with E-state index in [9.17, 15) is 9.59 Å². The minimum absolute atomic E-state index is 0.0505. The number of thiophene rings is 1. The molecule has 2 aliphatic rings. The molecular formula is C19H22N4O2S. The Labute approximate surface area is 156 Å². The highest BCUT2D eigenvalue weighted by Crippen LogP contribution is 2.34. The second kappa shape index (κ2) is 6.09. The van der Waals surface area contributed by atoms with Crippen LogP contribution in [0, 0.1) is 6.92 Å². The number of carbonyl (C=O) groups is 2. The quantitative estimate of drug-likeness (QED) is 0.837. The first kappa shape index (κ1) is 17.0. The fourth-order valence-corrected chi connectivity index (χ4v) is 4.78. The SMILES string of the molecule is Cc1sc2ccccc2c1C(=O)N1CCC2(CC1)N=C(N(C)C)NC2=O. The molecule has 1 aromatic heterocycles. The number of carbonyl (C=O) groups excluding carboxylic acids is 2. The zero-order valence-corrected chi connectivity index (χ0v) is 16.0. The molecule has 0 bridgehead atoms. The Morgan fingerprint density at radius 1 is 1.27 bits per heavy atom. The zero-order valence-electron chi connectivity index (χ0n) is 15.2. The van der Waals surface area contributed by atoms with E-state index in [4.69, 9.17) is 0 Å². The number of hydrogen-bond donors (Lipinski definition) is 1. The lowest BCUT2D eigenvalue weighted by atomic mass is 9.87. The van der Waals surface area contributed by atoms with Crippen molar-refractivity contribution in [2.45, 2.75) is 25.3 Å². The van der Waals surface area contributed by atoms with Crippen molar-refractivity contribution in [3.05, 3.63) is 34.7 Å². The number of nitrogens with zero attached hydrogens (tertiary/aromatic N) is 3. The van der Waals surface area contributed by atoms with Crippen LogP contribution in [0.15, 0.2) is 29.3 Å². The fourth-order valence-electron chi connectivity index (χ4n) is 3.72. The van der Waals surface area contributed by atoms with Gasteiger partial charge in [0.1, 0.15) is 5.54 Å². The Bertz CT molecular complexity index is 923. The van der Waals surface area contributed by atoms with E-state index in [2.05, 4.69) is 16.4 Å². The van der Waals surface area contributed by atoms with E-state index in [0.717, 1.165) is 20.5 Å². The van der Waals surface area contributed by atoms with Crippen LogP contribution >= 0.6 is 11.3 Å². The molecule has 0 atom stereocenters. The van der Waals surface area contributed by atoms with Crippen LogP contribution in [-0.2, 0) is 4.79 Å². The maximum atomic E-state index is 13.1. The number of piperidine rings is 1. The summed E-state index contributed by atoms with van der Waals surface area (Å²) in [5.74, 6) is 0.616. The maximum Gasteiger partial charge on any atom is 0.255 e. The molecule has 2 aromatic rings. The molecule has 1 spiro atoms. The zero-order chi connectivity index (χ0) is 18.5. The molecule has 1 N–H and O–H groups in total. The summed E-state index contributed by atoms with van der Waals surface area (Å²) in [6.45, 7) is 3.08. The van der Waals surface area contributed by atoms with E-state index in [0.29, 0.717) is 31.9 Å². The molecule has 4 rings (SSSR count). The molecule has 3 heterocycles. The van der Waals surface area contributed by atoms with Crippen molar-refractivity contribution in [1.29, 1.82) is 0 Å². The number of rotatable bonds is 1. The molecule has 0 radical (unpaired) electrons. The number of nitrogens with one attached hydrogen (secondary N) is 1. The lowest BCUT2D eigenvalue weighted by molar-refractivity contribution is -0.125. The molecule has 0 aliphatic carbocycles. The summed E-state index contributed by atoms with van der Waals surface area (Å²) < 4.78 is 1.14. The second-order valence-electron chi connectivity index (χ2n) is 7.14. The molecule has 2 aliphatic heterocycles. The Balaban J connectivity index is 1.56. The van der Waals surface area contributed by atoms with Gasteiger partial charge in [-0.25, -0.2) is 4.99 Å². The van der Waals surface area contributed by atoms with Gasteiger partial charge in [-0.05, 0) is 25.8 Å².